The van der Waals surface area contributed by atoms with Crippen molar-refractivity contribution in [2.75, 3.05) is 26.2 Å². The Morgan fingerprint density at radius 3 is 1.94 bits per heavy atom. The molecular weight excluding hydrogens is 196 g/mol. The van der Waals surface area contributed by atoms with E-state index in [0.717, 1.165) is 12.0 Å². The van der Waals surface area contributed by atoms with E-state index < -0.39 is 0 Å². The van der Waals surface area contributed by atoms with Gasteiger partial charge >= 0.3 is 0 Å². The van der Waals surface area contributed by atoms with Gasteiger partial charge in [-0.1, -0.05) is 28.2 Å². The maximum Gasteiger partial charge on any atom is 0.0110 e. The van der Waals surface area contributed by atoms with Crippen molar-refractivity contribution in [3.05, 3.63) is 0 Å². The fraction of sp³-hybridized carbons (Fsp3) is 1.00. The molecule has 1 aliphatic heterocycles. The molecule has 0 atom stereocenters. The Hall–Kier alpha value is -0.0800. The zero-order valence-corrected chi connectivity index (χ0v) is 10.8. The predicted molar refractivity (Wildman–Crippen MR) is 73.9 cm³/mol. The first-order valence-electron chi connectivity index (χ1n) is 6.81. The topological polar surface area (TPSA) is 15.3 Å². The molecule has 1 aliphatic carbocycles. The van der Waals surface area contributed by atoms with Gasteiger partial charge in [0, 0.05) is 32.2 Å². The molecule has 16 heavy (non-hydrogen) atoms. The molecule has 0 aromatic rings. The van der Waals surface area contributed by atoms with Crippen LogP contribution in [-0.2, 0) is 0 Å². The normalized spacial score (nSPS) is 30.9. The average molecular weight is 228 g/mol. The Bertz CT molecular complexity index is 145. The molecule has 1 saturated carbocycles. The van der Waals surface area contributed by atoms with E-state index in [0.29, 0.717) is 0 Å². The predicted octanol–water partition coefficient (Wildman–Crippen LogP) is 3.13. The Morgan fingerprint density at radius 1 is 0.938 bits per heavy atom. The van der Waals surface area contributed by atoms with E-state index in [1.165, 1.54) is 51.9 Å². The second-order valence-corrected chi connectivity index (χ2v) is 4.70. The van der Waals surface area contributed by atoms with Crippen LogP contribution in [0.2, 0.25) is 0 Å². The van der Waals surface area contributed by atoms with Crippen LogP contribution in [0.25, 0.3) is 0 Å². The molecule has 1 N–H and O–H groups in total. The molecule has 0 spiro atoms. The molecule has 2 rings (SSSR count). The number of hydrogen-bond acceptors (Lipinski definition) is 2. The van der Waals surface area contributed by atoms with E-state index >= 15 is 0 Å². The highest BCUT2D eigenvalue weighted by atomic mass is 15.2. The van der Waals surface area contributed by atoms with Crippen molar-refractivity contribution in [2.45, 2.75) is 59.9 Å². The van der Waals surface area contributed by atoms with Crippen LogP contribution in [0, 0.1) is 5.92 Å². The molecule has 0 aromatic carbocycles. The maximum absolute atomic E-state index is 3.42. The maximum atomic E-state index is 3.42. The van der Waals surface area contributed by atoms with Gasteiger partial charge in [-0.05, 0) is 31.6 Å². The van der Waals surface area contributed by atoms with Crippen molar-refractivity contribution < 1.29 is 0 Å². The van der Waals surface area contributed by atoms with Gasteiger partial charge in [-0.15, -0.1) is 0 Å². The van der Waals surface area contributed by atoms with Gasteiger partial charge in [0.05, 0.1) is 0 Å². The number of rotatable bonds is 1. The van der Waals surface area contributed by atoms with Crippen LogP contribution in [0.3, 0.4) is 0 Å². The third-order valence-corrected chi connectivity index (χ3v) is 3.65. The van der Waals surface area contributed by atoms with Gasteiger partial charge in [0.1, 0.15) is 0 Å². The first-order chi connectivity index (χ1) is 7.36. The minimum absolute atomic E-state index is 0. The largest absolute Gasteiger partial charge is 0.314 e. The fourth-order valence-electron chi connectivity index (χ4n) is 2.65. The molecule has 1 heterocycles. The Morgan fingerprint density at radius 2 is 1.44 bits per heavy atom. The quantitative estimate of drug-likeness (QED) is 0.742. The number of piperazine rings is 1. The molecule has 2 nitrogen and oxygen atoms in total. The van der Waals surface area contributed by atoms with Crippen LogP contribution in [0.5, 0.6) is 0 Å². The smallest absolute Gasteiger partial charge is 0.0110 e. The van der Waals surface area contributed by atoms with Crippen LogP contribution < -0.4 is 5.32 Å². The molecule has 2 heteroatoms. The summed E-state index contributed by atoms with van der Waals surface area (Å²) in [6, 6.07) is 0.915. The third-order valence-electron chi connectivity index (χ3n) is 3.65. The van der Waals surface area contributed by atoms with Crippen molar-refractivity contribution in [3.63, 3.8) is 0 Å². The van der Waals surface area contributed by atoms with Gasteiger partial charge in [-0.3, -0.25) is 4.90 Å². The molecule has 0 amide bonds. The minimum atomic E-state index is 0. The highest BCUT2D eigenvalue weighted by Gasteiger charge is 2.24. The van der Waals surface area contributed by atoms with E-state index in [2.05, 4.69) is 17.1 Å². The number of hydrogen-bond donors (Lipinski definition) is 1. The summed E-state index contributed by atoms with van der Waals surface area (Å²) in [5.41, 5.74) is 0. The first-order valence-corrected chi connectivity index (χ1v) is 6.81. The second-order valence-electron chi connectivity index (χ2n) is 4.70. The summed E-state index contributed by atoms with van der Waals surface area (Å²) in [6.07, 6.45) is 5.80. The van der Waals surface area contributed by atoms with Crippen LogP contribution in [-0.4, -0.2) is 37.1 Å². The van der Waals surface area contributed by atoms with Crippen LogP contribution >= 0.6 is 0 Å². The van der Waals surface area contributed by atoms with E-state index in [1.54, 1.807) is 0 Å². The summed E-state index contributed by atoms with van der Waals surface area (Å²) in [7, 11) is 0. The summed E-state index contributed by atoms with van der Waals surface area (Å²) in [5, 5.41) is 3.42. The molecule has 0 bridgehead atoms. The molecular formula is C14H32N2. The lowest BCUT2D eigenvalue weighted by molar-refractivity contribution is 0.125. The SMILES string of the molecule is C.CC.CC1CCC(N2CCNCC2)CC1. The highest BCUT2D eigenvalue weighted by Crippen LogP contribution is 2.26. The van der Waals surface area contributed by atoms with Crippen molar-refractivity contribution >= 4 is 0 Å². The van der Waals surface area contributed by atoms with Crippen LogP contribution in [0.4, 0.5) is 0 Å². The first kappa shape index (κ1) is 15.9. The van der Waals surface area contributed by atoms with E-state index in [1.807, 2.05) is 13.8 Å². The van der Waals surface area contributed by atoms with Crippen molar-refractivity contribution in [2.24, 2.45) is 5.92 Å². The monoisotopic (exact) mass is 228 g/mol. The summed E-state index contributed by atoms with van der Waals surface area (Å²) in [4.78, 5) is 2.70. The summed E-state index contributed by atoms with van der Waals surface area (Å²) >= 11 is 0. The lowest BCUT2D eigenvalue weighted by Crippen LogP contribution is -2.49. The lowest BCUT2D eigenvalue weighted by Gasteiger charge is -2.38. The van der Waals surface area contributed by atoms with Crippen LogP contribution in [0.1, 0.15) is 53.9 Å². The van der Waals surface area contributed by atoms with Gasteiger partial charge < -0.3 is 5.32 Å². The standard InChI is InChI=1S/C11H22N2.C2H6.CH4/c1-10-2-4-11(5-3-10)13-8-6-12-7-9-13;1-2;/h10-12H,2-9H2,1H3;1-2H3;1H4. The second kappa shape index (κ2) is 9.00. The fourth-order valence-corrected chi connectivity index (χ4v) is 2.65. The molecule has 2 fully saturated rings. The van der Waals surface area contributed by atoms with Gasteiger partial charge in [-0.25, -0.2) is 0 Å². The Kier molecular flexibility index (Phi) is 8.96. The van der Waals surface area contributed by atoms with Gasteiger partial charge in [0.15, 0.2) is 0 Å². The molecule has 98 valence electrons. The van der Waals surface area contributed by atoms with Gasteiger partial charge in [-0.2, -0.15) is 0 Å². The highest BCUT2D eigenvalue weighted by molar-refractivity contribution is 4.80. The summed E-state index contributed by atoms with van der Waals surface area (Å²) in [6.45, 7) is 11.4. The molecule has 2 aliphatic rings. The molecule has 0 aromatic heterocycles. The third kappa shape index (κ3) is 4.84. The Labute approximate surface area is 103 Å². The summed E-state index contributed by atoms with van der Waals surface area (Å²) in [5.74, 6) is 0.985. The van der Waals surface area contributed by atoms with Gasteiger partial charge in [0.2, 0.25) is 0 Å². The van der Waals surface area contributed by atoms with Crippen LogP contribution in [0.15, 0.2) is 0 Å². The van der Waals surface area contributed by atoms with E-state index in [-0.39, 0.29) is 7.43 Å². The number of nitrogens with zero attached hydrogens (tertiary/aromatic N) is 1. The Balaban J connectivity index is 0.000000711. The van der Waals surface area contributed by atoms with Crippen molar-refractivity contribution in [1.29, 1.82) is 0 Å². The van der Waals surface area contributed by atoms with Crippen molar-refractivity contribution in [1.82, 2.24) is 10.2 Å². The number of nitrogens with one attached hydrogen (secondary N) is 1. The lowest BCUT2D eigenvalue weighted by atomic mass is 9.86. The van der Waals surface area contributed by atoms with E-state index in [4.69, 9.17) is 0 Å². The zero-order chi connectivity index (χ0) is 11.1. The molecule has 0 unspecified atom stereocenters. The minimum Gasteiger partial charge on any atom is -0.314 e. The molecule has 0 radical (unpaired) electrons. The molecule has 1 saturated heterocycles. The van der Waals surface area contributed by atoms with Gasteiger partial charge in [0.25, 0.3) is 0 Å². The zero-order valence-electron chi connectivity index (χ0n) is 10.8. The van der Waals surface area contributed by atoms with E-state index in [9.17, 15) is 0 Å². The summed E-state index contributed by atoms with van der Waals surface area (Å²) < 4.78 is 0. The van der Waals surface area contributed by atoms with Crippen molar-refractivity contribution in [3.8, 4) is 0 Å². The average Bonchev–Trinajstić information content (AvgIpc) is 2.34.